The van der Waals surface area contributed by atoms with Gasteiger partial charge in [0, 0.05) is 23.7 Å². The van der Waals surface area contributed by atoms with Crippen molar-refractivity contribution in [3.63, 3.8) is 0 Å². The number of fused-ring (bicyclic) bond motifs is 1. The highest BCUT2D eigenvalue weighted by molar-refractivity contribution is 7.91. The number of carbonyl (C=O) groups is 1. The standard InChI is InChI=1S/C19H19N5O3S/c1-12-21-16(10-17(22-12)23-14-7-9-28(26,27)11-14)19(25)24-15-6-2-4-13-5-3-8-20-18(13)15/h2-6,8,10,14H,7,9,11H2,1H3,(H,24,25)(H,21,22,23). The van der Waals surface area contributed by atoms with E-state index in [0.29, 0.717) is 29.3 Å². The number of rotatable bonds is 4. The molecule has 1 aliphatic heterocycles. The molecule has 2 aromatic heterocycles. The Morgan fingerprint density at radius 2 is 2.00 bits per heavy atom. The van der Waals surface area contributed by atoms with Gasteiger partial charge in [0.15, 0.2) is 9.84 Å². The summed E-state index contributed by atoms with van der Waals surface area (Å²) in [5, 5.41) is 6.87. The third-order valence-electron chi connectivity index (χ3n) is 4.54. The van der Waals surface area contributed by atoms with E-state index in [9.17, 15) is 13.2 Å². The minimum atomic E-state index is -3.01. The van der Waals surface area contributed by atoms with Crippen molar-refractivity contribution in [2.45, 2.75) is 19.4 Å². The van der Waals surface area contributed by atoms with Crippen molar-refractivity contribution in [1.82, 2.24) is 15.0 Å². The molecule has 1 fully saturated rings. The van der Waals surface area contributed by atoms with Gasteiger partial charge < -0.3 is 10.6 Å². The van der Waals surface area contributed by atoms with Crippen LogP contribution in [0.2, 0.25) is 0 Å². The quantitative estimate of drug-likeness (QED) is 0.693. The lowest BCUT2D eigenvalue weighted by molar-refractivity contribution is 0.102. The monoisotopic (exact) mass is 397 g/mol. The third kappa shape index (κ3) is 3.94. The molecule has 144 valence electrons. The Bertz CT molecular complexity index is 1160. The van der Waals surface area contributed by atoms with Crippen LogP contribution in [0.3, 0.4) is 0 Å². The molecule has 1 atom stereocenters. The zero-order valence-corrected chi connectivity index (χ0v) is 16.0. The number of pyridine rings is 1. The highest BCUT2D eigenvalue weighted by Gasteiger charge is 2.28. The number of amides is 1. The topological polar surface area (TPSA) is 114 Å². The first-order valence-electron chi connectivity index (χ1n) is 8.87. The summed E-state index contributed by atoms with van der Waals surface area (Å²) in [7, 11) is -3.01. The van der Waals surface area contributed by atoms with Crippen LogP contribution in [0.25, 0.3) is 10.9 Å². The summed E-state index contributed by atoms with van der Waals surface area (Å²) in [6.45, 7) is 1.69. The molecule has 0 radical (unpaired) electrons. The van der Waals surface area contributed by atoms with Gasteiger partial charge in [0.25, 0.3) is 5.91 Å². The first-order valence-corrected chi connectivity index (χ1v) is 10.7. The van der Waals surface area contributed by atoms with E-state index in [4.69, 9.17) is 0 Å². The first kappa shape index (κ1) is 18.3. The van der Waals surface area contributed by atoms with Crippen LogP contribution in [0.15, 0.2) is 42.6 Å². The van der Waals surface area contributed by atoms with Crippen molar-refractivity contribution in [2.75, 3.05) is 22.1 Å². The Balaban J connectivity index is 1.56. The van der Waals surface area contributed by atoms with Crippen LogP contribution in [-0.2, 0) is 9.84 Å². The number of hydrogen-bond acceptors (Lipinski definition) is 7. The number of nitrogens with zero attached hydrogens (tertiary/aromatic N) is 3. The molecule has 3 heterocycles. The molecule has 4 rings (SSSR count). The number of benzene rings is 1. The van der Waals surface area contributed by atoms with Gasteiger partial charge in [-0.1, -0.05) is 18.2 Å². The average molecular weight is 397 g/mol. The Labute approximate surface area is 162 Å². The summed E-state index contributed by atoms with van der Waals surface area (Å²) in [6.07, 6.45) is 2.19. The van der Waals surface area contributed by atoms with E-state index in [1.165, 1.54) is 6.07 Å². The predicted octanol–water partition coefficient (Wildman–Crippen LogP) is 2.18. The number of aryl methyl sites for hydroxylation is 1. The van der Waals surface area contributed by atoms with E-state index in [-0.39, 0.29) is 29.1 Å². The third-order valence-corrected chi connectivity index (χ3v) is 6.30. The maximum Gasteiger partial charge on any atom is 0.274 e. The van der Waals surface area contributed by atoms with Crippen molar-refractivity contribution < 1.29 is 13.2 Å². The normalized spacial score (nSPS) is 18.1. The lowest BCUT2D eigenvalue weighted by Gasteiger charge is -2.13. The molecular formula is C19H19N5O3S. The molecular weight excluding hydrogens is 378 g/mol. The van der Waals surface area contributed by atoms with E-state index in [1.807, 2.05) is 24.3 Å². The molecule has 28 heavy (non-hydrogen) atoms. The van der Waals surface area contributed by atoms with E-state index in [0.717, 1.165) is 5.39 Å². The van der Waals surface area contributed by atoms with Gasteiger partial charge in [0.2, 0.25) is 0 Å². The van der Waals surface area contributed by atoms with Crippen molar-refractivity contribution in [3.8, 4) is 0 Å². The molecule has 0 aliphatic carbocycles. The molecule has 9 heteroatoms. The number of sulfone groups is 1. The minimum Gasteiger partial charge on any atom is -0.366 e. The molecule has 1 aliphatic rings. The average Bonchev–Trinajstić information content (AvgIpc) is 3.00. The lowest BCUT2D eigenvalue weighted by Crippen LogP contribution is -2.22. The van der Waals surface area contributed by atoms with Gasteiger partial charge in [-0.25, -0.2) is 18.4 Å². The highest BCUT2D eigenvalue weighted by Crippen LogP contribution is 2.22. The van der Waals surface area contributed by atoms with Crippen LogP contribution in [-0.4, -0.2) is 46.8 Å². The maximum atomic E-state index is 12.7. The van der Waals surface area contributed by atoms with Crippen LogP contribution in [0, 0.1) is 6.92 Å². The van der Waals surface area contributed by atoms with Gasteiger partial charge in [-0.15, -0.1) is 0 Å². The minimum absolute atomic E-state index is 0.0687. The fraction of sp³-hybridized carbons (Fsp3) is 0.263. The SMILES string of the molecule is Cc1nc(NC2CCS(=O)(=O)C2)cc(C(=O)Nc2cccc3cccnc23)n1. The van der Waals surface area contributed by atoms with Gasteiger partial charge in [-0.3, -0.25) is 9.78 Å². The van der Waals surface area contributed by atoms with Crippen molar-refractivity contribution in [2.24, 2.45) is 0 Å². The Kier molecular flexibility index (Phi) is 4.68. The van der Waals surface area contributed by atoms with Crippen molar-refractivity contribution in [1.29, 1.82) is 0 Å². The second-order valence-electron chi connectivity index (χ2n) is 6.76. The zero-order valence-electron chi connectivity index (χ0n) is 15.2. The predicted molar refractivity (Wildman–Crippen MR) is 107 cm³/mol. The van der Waals surface area contributed by atoms with Crippen LogP contribution >= 0.6 is 0 Å². The summed E-state index contributed by atoms with van der Waals surface area (Å²) in [5.74, 6) is 0.712. The number of nitrogens with one attached hydrogen (secondary N) is 2. The van der Waals surface area contributed by atoms with Crippen LogP contribution in [0.4, 0.5) is 11.5 Å². The van der Waals surface area contributed by atoms with Crippen molar-refractivity contribution in [3.05, 3.63) is 54.1 Å². The van der Waals surface area contributed by atoms with E-state index >= 15 is 0 Å². The summed E-state index contributed by atoms with van der Waals surface area (Å²) in [4.78, 5) is 25.6. The van der Waals surface area contributed by atoms with Crippen LogP contribution in [0.5, 0.6) is 0 Å². The molecule has 8 nitrogen and oxygen atoms in total. The van der Waals surface area contributed by atoms with Crippen LogP contribution in [0.1, 0.15) is 22.7 Å². The van der Waals surface area contributed by atoms with E-state index in [1.54, 1.807) is 19.2 Å². The largest absolute Gasteiger partial charge is 0.366 e. The fourth-order valence-electron chi connectivity index (χ4n) is 3.27. The second-order valence-corrected chi connectivity index (χ2v) is 8.99. The van der Waals surface area contributed by atoms with Gasteiger partial charge in [0.1, 0.15) is 17.3 Å². The Hall–Kier alpha value is -3.07. The van der Waals surface area contributed by atoms with Crippen molar-refractivity contribution >= 4 is 38.2 Å². The maximum absolute atomic E-state index is 12.7. The number of para-hydroxylation sites is 1. The van der Waals surface area contributed by atoms with Gasteiger partial charge in [-0.05, 0) is 25.5 Å². The van der Waals surface area contributed by atoms with Crippen LogP contribution < -0.4 is 10.6 Å². The summed E-state index contributed by atoms with van der Waals surface area (Å²) in [6, 6.07) is 10.6. The molecule has 3 aromatic rings. The molecule has 1 amide bonds. The molecule has 0 bridgehead atoms. The summed E-state index contributed by atoms with van der Waals surface area (Å²) < 4.78 is 23.3. The first-order chi connectivity index (χ1) is 13.4. The molecule has 0 saturated carbocycles. The number of hydrogen-bond donors (Lipinski definition) is 2. The number of carbonyl (C=O) groups excluding carboxylic acids is 1. The molecule has 1 aromatic carbocycles. The molecule has 2 N–H and O–H groups in total. The summed E-state index contributed by atoms with van der Waals surface area (Å²) in [5.41, 5.74) is 1.48. The molecule has 1 unspecified atom stereocenters. The van der Waals surface area contributed by atoms with E-state index in [2.05, 4.69) is 25.6 Å². The van der Waals surface area contributed by atoms with Gasteiger partial charge in [-0.2, -0.15) is 0 Å². The zero-order chi connectivity index (χ0) is 19.7. The second kappa shape index (κ2) is 7.16. The highest BCUT2D eigenvalue weighted by atomic mass is 32.2. The Morgan fingerprint density at radius 3 is 2.79 bits per heavy atom. The van der Waals surface area contributed by atoms with Gasteiger partial charge in [0.05, 0.1) is 22.7 Å². The Morgan fingerprint density at radius 1 is 1.18 bits per heavy atom. The molecule has 0 spiro atoms. The van der Waals surface area contributed by atoms with E-state index < -0.39 is 9.84 Å². The van der Waals surface area contributed by atoms with Gasteiger partial charge >= 0.3 is 0 Å². The fourth-order valence-corrected chi connectivity index (χ4v) is 4.94. The molecule has 1 saturated heterocycles. The number of anilines is 2. The summed E-state index contributed by atoms with van der Waals surface area (Å²) >= 11 is 0. The number of aromatic nitrogens is 3. The lowest BCUT2D eigenvalue weighted by atomic mass is 10.2. The smallest absolute Gasteiger partial charge is 0.274 e.